The van der Waals surface area contributed by atoms with Gasteiger partial charge in [-0.15, -0.1) is 0 Å². The van der Waals surface area contributed by atoms with Crippen LogP contribution >= 0.6 is 0 Å². The lowest BCUT2D eigenvalue weighted by Gasteiger charge is -2.20. The van der Waals surface area contributed by atoms with E-state index in [2.05, 4.69) is 59.9 Å². The van der Waals surface area contributed by atoms with Crippen LogP contribution in [0.15, 0.2) is 54.6 Å². The topological polar surface area (TPSA) is 58.6 Å². The molecule has 0 radical (unpaired) electrons. The van der Waals surface area contributed by atoms with Crippen molar-refractivity contribution < 1.29 is 14.3 Å². The fourth-order valence-corrected chi connectivity index (χ4v) is 4.10. The van der Waals surface area contributed by atoms with Crippen LogP contribution in [0.1, 0.15) is 62.3 Å². The SMILES string of the molecule is CN(CCC=C1c2ccccc2CCc2ccccc21)C(=O)CCCNC(=O)OC(C)(C)C. The molecule has 2 amide bonds. The third-order valence-electron chi connectivity index (χ3n) is 5.75. The number of nitrogens with one attached hydrogen (secondary N) is 1. The summed E-state index contributed by atoms with van der Waals surface area (Å²) < 4.78 is 5.21. The summed E-state index contributed by atoms with van der Waals surface area (Å²) in [6, 6.07) is 17.3. The molecule has 0 spiro atoms. The van der Waals surface area contributed by atoms with E-state index in [1.54, 1.807) is 4.90 Å². The van der Waals surface area contributed by atoms with Gasteiger partial charge in [0.1, 0.15) is 5.60 Å². The maximum Gasteiger partial charge on any atom is 0.407 e. The number of carbonyl (C=O) groups excluding carboxylic acids is 2. The van der Waals surface area contributed by atoms with Crippen molar-refractivity contribution in [1.29, 1.82) is 0 Å². The molecule has 3 rings (SSSR count). The molecule has 5 nitrogen and oxygen atoms in total. The van der Waals surface area contributed by atoms with Crippen molar-refractivity contribution in [3.05, 3.63) is 76.9 Å². The van der Waals surface area contributed by atoms with E-state index < -0.39 is 11.7 Å². The number of nitrogens with zero attached hydrogens (tertiary/aromatic N) is 1. The first kappa shape index (κ1) is 24.6. The summed E-state index contributed by atoms with van der Waals surface area (Å²) in [5, 5.41) is 2.70. The molecule has 1 N–H and O–H groups in total. The van der Waals surface area contributed by atoms with Gasteiger partial charge < -0.3 is 15.0 Å². The van der Waals surface area contributed by atoms with Crippen LogP contribution in [0.25, 0.3) is 5.57 Å². The van der Waals surface area contributed by atoms with Crippen LogP contribution in [0.3, 0.4) is 0 Å². The highest BCUT2D eigenvalue weighted by Crippen LogP contribution is 2.33. The van der Waals surface area contributed by atoms with Crippen LogP contribution in [0.2, 0.25) is 0 Å². The van der Waals surface area contributed by atoms with Gasteiger partial charge in [0.2, 0.25) is 5.91 Å². The predicted molar refractivity (Wildman–Crippen MR) is 133 cm³/mol. The van der Waals surface area contributed by atoms with Crippen LogP contribution in [0, 0.1) is 0 Å². The van der Waals surface area contributed by atoms with Crippen LogP contribution in [-0.4, -0.2) is 42.6 Å². The van der Waals surface area contributed by atoms with Gasteiger partial charge in [0, 0.05) is 26.6 Å². The van der Waals surface area contributed by atoms with Gasteiger partial charge in [-0.3, -0.25) is 4.79 Å². The van der Waals surface area contributed by atoms with Crippen molar-refractivity contribution in [2.75, 3.05) is 20.1 Å². The van der Waals surface area contributed by atoms with Crippen LogP contribution in [0.5, 0.6) is 0 Å². The van der Waals surface area contributed by atoms with E-state index in [1.807, 2.05) is 27.8 Å². The Kier molecular flexibility index (Phi) is 8.32. The molecule has 0 atom stereocenters. The standard InChI is InChI=1S/C28H36N2O3/c1-28(2,3)33-27(32)29-19-9-16-26(31)30(4)20-10-15-25-23-13-7-5-11-21(23)17-18-22-12-6-8-14-24(22)25/h5-8,11-15H,9-10,16-20H2,1-4H3,(H,29,32). The Labute approximate surface area is 197 Å². The Morgan fingerprint density at radius 2 is 1.58 bits per heavy atom. The first-order chi connectivity index (χ1) is 15.7. The van der Waals surface area contributed by atoms with Crippen molar-refractivity contribution in [3.8, 4) is 0 Å². The smallest absolute Gasteiger partial charge is 0.407 e. The van der Waals surface area contributed by atoms with Crippen molar-refractivity contribution in [2.24, 2.45) is 0 Å². The van der Waals surface area contributed by atoms with Crippen molar-refractivity contribution in [2.45, 2.75) is 58.5 Å². The number of hydrogen-bond acceptors (Lipinski definition) is 3. The van der Waals surface area contributed by atoms with Crippen molar-refractivity contribution >= 4 is 17.6 Å². The first-order valence-electron chi connectivity index (χ1n) is 11.8. The number of hydrogen-bond donors (Lipinski definition) is 1. The van der Waals surface area contributed by atoms with Crippen LogP contribution in [0.4, 0.5) is 4.79 Å². The lowest BCUT2D eigenvalue weighted by molar-refractivity contribution is -0.129. The summed E-state index contributed by atoms with van der Waals surface area (Å²) in [7, 11) is 1.84. The van der Waals surface area contributed by atoms with Gasteiger partial charge in [-0.1, -0.05) is 54.6 Å². The molecule has 2 aromatic rings. The molecule has 176 valence electrons. The molecular weight excluding hydrogens is 412 g/mol. The van der Waals surface area contributed by atoms with Gasteiger partial charge in [0.05, 0.1) is 0 Å². The number of aryl methyl sites for hydroxylation is 2. The number of rotatable bonds is 7. The number of alkyl carbamates (subject to hydrolysis) is 1. The molecule has 0 saturated carbocycles. The molecule has 33 heavy (non-hydrogen) atoms. The quantitative estimate of drug-likeness (QED) is 0.579. The van der Waals surface area contributed by atoms with Crippen molar-refractivity contribution in [1.82, 2.24) is 10.2 Å². The molecule has 5 heteroatoms. The van der Waals surface area contributed by atoms with Gasteiger partial charge in [-0.25, -0.2) is 4.79 Å². The minimum atomic E-state index is -0.521. The lowest BCUT2D eigenvalue weighted by Crippen LogP contribution is -2.33. The molecule has 2 aromatic carbocycles. The highest BCUT2D eigenvalue weighted by Gasteiger charge is 2.18. The summed E-state index contributed by atoms with van der Waals surface area (Å²) >= 11 is 0. The molecule has 1 aliphatic carbocycles. The zero-order valence-corrected chi connectivity index (χ0v) is 20.3. The second kappa shape index (κ2) is 11.2. The monoisotopic (exact) mass is 448 g/mol. The average molecular weight is 449 g/mol. The molecule has 0 heterocycles. The normalized spacial score (nSPS) is 12.8. The zero-order chi connectivity index (χ0) is 23.8. The second-order valence-electron chi connectivity index (χ2n) is 9.57. The second-order valence-corrected chi connectivity index (χ2v) is 9.57. The van der Waals surface area contributed by atoms with Gasteiger partial charge >= 0.3 is 6.09 Å². The molecule has 0 fully saturated rings. The van der Waals surface area contributed by atoms with Gasteiger partial charge in [-0.2, -0.15) is 0 Å². The predicted octanol–water partition coefficient (Wildman–Crippen LogP) is 5.37. The summed E-state index contributed by atoms with van der Waals surface area (Å²) in [6.45, 7) is 6.56. The Bertz CT molecular complexity index is 955. The minimum Gasteiger partial charge on any atom is -0.444 e. The third kappa shape index (κ3) is 7.21. The number of carbonyl (C=O) groups is 2. The average Bonchev–Trinajstić information content (AvgIpc) is 2.92. The summed E-state index contributed by atoms with van der Waals surface area (Å²) in [5.74, 6) is 0.0843. The van der Waals surface area contributed by atoms with Crippen molar-refractivity contribution in [3.63, 3.8) is 0 Å². The molecule has 0 aromatic heterocycles. The molecule has 0 bridgehead atoms. The van der Waals surface area contributed by atoms with E-state index in [1.165, 1.54) is 27.8 Å². The highest BCUT2D eigenvalue weighted by atomic mass is 16.6. The Hall–Kier alpha value is -3.08. The number of benzene rings is 2. The minimum absolute atomic E-state index is 0.0843. The van der Waals surface area contributed by atoms with Crippen LogP contribution < -0.4 is 5.32 Å². The first-order valence-corrected chi connectivity index (χ1v) is 11.8. The Morgan fingerprint density at radius 3 is 2.15 bits per heavy atom. The maximum absolute atomic E-state index is 12.5. The fourth-order valence-electron chi connectivity index (χ4n) is 4.10. The zero-order valence-electron chi connectivity index (χ0n) is 20.3. The largest absolute Gasteiger partial charge is 0.444 e. The van der Waals surface area contributed by atoms with Gasteiger partial charge in [-0.05, 0) is 74.3 Å². The van der Waals surface area contributed by atoms with E-state index in [0.29, 0.717) is 25.9 Å². The lowest BCUT2D eigenvalue weighted by atomic mass is 9.93. The van der Waals surface area contributed by atoms with E-state index in [4.69, 9.17) is 4.74 Å². The van der Waals surface area contributed by atoms with E-state index in [-0.39, 0.29) is 5.91 Å². The van der Waals surface area contributed by atoms with E-state index in [0.717, 1.165) is 19.3 Å². The summed E-state index contributed by atoms with van der Waals surface area (Å²) in [5.41, 5.74) is 6.09. The molecular formula is C28H36N2O3. The molecule has 0 unspecified atom stereocenters. The third-order valence-corrected chi connectivity index (χ3v) is 5.75. The molecule has 0 saturated heterocycles. The highest BCUT2D eigenvalue weighted by molar-refractivity contribution is 5.84. The Balaban J connectivity index is 1.54. The van der Waals surface area contributed by atoms with Gasteiger partial charge in [0.15, 0.2) is 0 Å². The molecule has 0 aliphatic heterocycles. The maximum atomic E-state index is 12.5. The van der Waals surface area contributed by atoms with E-state index >= 15 is 0 Å². The van der Waals surface area contributed by atoms with Crippen LogP contribution in [-0.2, 0) is 22.4 Å². The number of amides is 2. The van der Waals surface area contributed by atoms with E-state index in [9.17, 15) is 9.59 Å². The summed E-state index contributed by atoms with van der Waals surface area (Å²) in [4.78, 5) is 26.0. The van der Waals surface area contributed by atoms with Gasteiger partial charge in [0.25, 0.3) is 0 Å². The Morgan fingerprint density at radius 1 is 1.00 bits per heavy atom. The number of fused-ring (bicyclic) bond motifs is 2. The fraction of sp³-hybridized carbons (Fsp3) is 0.429. The number of ether oxygens (including phenoxy) is 1. The molecule has 1 aliphatic rings. The summed E-state index contributed by atoms with van der Waals surface area (Å²) in [6.07, 6.45) is 5.69.